The molecule has 0 saturated carbocycles. The van der Waals surface area contributed by atoms with Gasteiger partial charge >= 0.3 is 0 Å². The van der Waals surface area contributed by atoms with Gasteiger partial charge in [0.2, 0.25) is 5.91 Å². The van der Waals surface area contributed by atoms with Crippen LogP contribution in [0, 0.1) is 0 Å². The summed E-state index contributed by atoms with van der Waals surface area (Å²) in [7, 11) is 0. The molecule has 0 aromatic carbocycles. The predicted octanol–water partition coefficient (Wildman–Crippen LogP) is 3.72. The maximum Gasteiger partial charge on any atom is 0.219 e. The topological polar surface area (TPSA) is 72.2 Å². The number of hydrogen-bond acceptors (Lipinski definition) is 3. The number of amides is 1. The molecular formula is C18H36N2O2. The molecule has 0 aromatic heterocycles. The molecule has 0 unspecified atom stereocenters. The lowest BCUT2D eigenvalue weighted by Crippen LogP contribution is -2.23. The van der Waals surface area contributed by atoms with E-state index in [0.717, 1.165) is 64.3 Å². The average molecular weight is 312 g/mol. The van der Waals surface area contributed by atoms with Gasteiger partial charge in [0.05, 0.1) is 0 Å². The monoisotopic (exact) mass is 312 g/mol. The van der Waals surface area contributed by atoms with Gasteiger partial charge in [-0.15, -0.1) is 0 Å². The highest BCUT2D eigenvalue weighted by molar-refractivity contribution is 5.75. The van der Waals surface area contributed by atoms with E-state index in [9.17, 15) is 9.59 Å². The van der Waals surface area contributed by atoms with Crippen LogP contribution in [-0.2, 0) is 9.59 Å². The summed E-state index contributed by atoms with van der Waals surface area (Å²) in [4.78, 5) is 21.8. The minimum Gasteiger partial charge on any atom is -0.356 e. The van der Waals surface area contributed by atoms with E-state index in [4.69, 9.17) is 5.73 Å². The van der Waals surface area contributed by atoms with Gasteiger partial charge in [-0.05, 0) is 32.2 Å². The van der Waals surface area contributed by atoms with Crippen LogP contribution in [0.3, 0.4) is 0 Å². The van der Waals surface area contributed by atoms with E-state index in [0.29, 0.717) is 12.8 Å². The largest absolute Gasteiger partial charge is 0.356 e. The molecule has 130 valence electrons. The van der Waals surface area contributed by atoms with Gasteiger partial charge in [-0.25, -0.2) is 0 Å². The molecule has 0 fully saturated rings. The predicted molar refractivity (Wildman–Crippen MR) is 92.8 cm³/mol. The third kappa shape index (κ3) is 17.2. The van der Waals surface area contributed by atoms with Crippen molar-refractivity contribution in [3.8, 4) is 0 Å². The summed E-state index contributed by atoms with van der Waals surface area (Å²) in [6.07, 6.45) is 16.1. The van der Waals surface area contributed by atoms with Crippen LogP contribution in [-0.4, -0.2) is 25.3 Å². The van der Waals surface area contributed by atoms with E-state index < -0.39 is 0 Å². The molecule has 0 bridgehead atoms. The van der Waals surface area contributed by atoms with Gasteiger partial charge in [0.1, 0.15) is 6.29 Å². The SMILES string of the molecule is NCCCCCCCCCNC(=O)CCCCCCCC=O. The highest BCUT2D eigenvalue weighted by atomic mass is 16.1. The van der Waals surface area contributed by atoms with Crippen LogP contribution < -0.4 is 11.1 Å². The van der Waals surface area contributed by atoms with E-state index in [1.165, 1.54) is 32.1 Å². The minimum atomic E-state index is 0.191. The van der Waals surface area contributed by atoms with Crippen molar-refractivity contribution in [1.29, 1.82) is 0 Å². The molecule has 0 rings (SSSR count). The number of aldehydes is 1. The van der Waals surface area contributed by atoms with Gasteiger partial charge in [-0.1, -0.05) is 51.4 Å². The van der Waals surface area contributed by atoms with Crippen LogP contribution in [0.25, 0.3) is 0 Å². The summed E-state index contributed by atoms with van der Waals surface area (Å²) in [5.41, 5.74) is 5.46. The number of unbranched alkanes of at least 4 members (excludes halogenated alkanes) is 11. The molecule has 0 atom stereocenters. The lowest BCUT2D eigenvalue weighted by Gasteiger charge is -2.05. The summed E-state index contributed by atoms with van der Waals surface area (Å²) < 4.78 is 0. The van der Waals surface area contributed by atoms with Gasteiger partial charge in [0, 0.05) is 19.4 Å². The zero-order valence-electron chi connectivity index (χ0n) is 14.3. The molecule has 3 N–H and O–H groups in total. The van der Waals surface area contributed by atoms with Crippen molar-refractivity contribution >= 4 is 12.2 Å². The van der Waals surface area contributed by atoms with Crippen LogP contribution >= 0.6 is 0 Å². The van der Waals surface area contributed by atoms with Crippen LogP contribution in [0.2, 0.25) is 0 Å². The molecule has 0 heterocycles. The first-order valence-electron chi connectivity index (χ1n) is 9.21. The van der Waals surface area contributed by atoms with Crippen LogP contribution in [0.4, 0.5) is 0 Å². The first-order chi connectivity index (χ1) is 10.8. The molecule has 0 aliphatic carbocycles. The number of nitrogens with one attached hydrogen (secondary N) is 1. The lowest BCUT2D eigenvalue weighted by molar-refractivity contribution is -0.121. The zero-order valence-corrected chi connectivity index (χ0v) is 14.3. The number of hydrogen-bond donors (Lipinski definition) is 2. The summed E-state index contributed by atoms with van der Waals surface area (Å²) in [6.45, 7) is 1.63. The summed E-state index contributed by atoms with van der Waals surface area (Å²) in [5, 5.41) is 3.00. The number of rotatable bonds is 17. The van der Waals surface area contributed by atoms with Gasteiger partial charge in [0.25, 0.3) is 0 Å². The Morgan fingerprint density at radius 3 is 1.95 bits per heavy atom. The maximum absolute atomic E-state index is 11.6. The Balaban J connectivity index is 3.14. The molecule has 0 aliphatic rings. The first-order valence-corrected chi connectivity index (χ1v) is 9.21. The summed E-state index contributed by atoms with van der Waals surface area (Å²) >= 11 is 0. The molecule has 0 spiro atoms. The second kappa shape index (κ2) is 18.1. The Bertz CT molecular complexity index is 257. The van der Waals surface area contributed by atoms with Crippen LogP contribution in [0.5, 0.6) is 0 Å². The Morgan fingerprint density at radius 1 is 0.773 bits per heavy atom. The Hall–Kier alpha value is -0.900. The fourth-order valence-corrected chi connectivity index (χ4v) is 2.51. The van der Waals surface area contributed by atoms with Crippen molar-refractivity contribution < 1.29 is 9.59 Å². The van der Waals surface area contributed by atoms with Crippen LogP contribution in [0.1, 0.15) is 89.9 Å². The molecule has 0 radical (unpaired) electrons. The maximum atomic E-state index is 11.6. The Morgan fingerprint density at radius 2 is 1.32 bits per heavy atom. The normalized spacial score (nSPS) is 10.6. The van der Waals surface area contributed by atoms with E-state index in [1.807, 2.05) is 0 Å². The van der Waals surface area contributed by atoms with Crippen molar-refractivity contribution in [2.45, 2.75) is 89.9 Å². The summed E-state index contributed by atoms with van der Waals surface area (Å²) in [5.74, 6) is 0.191. The van der Waals surface area contributed by atoms with Crippen molar-refractivity contribution in [3.05, 3.63) is 0 Å². The van der Waals surface area contributed by atoms with Crippen molar-refractivity contribution in [1.82, 2.24) is 5.32 Å². The fraction of sp³-hybridized carbons (Fsp3) is 0.889. The minimum absolute atomic E-state index is 0.191. The number of carbonyl (C=O) groups is 2. The standard InChI is InChI=1S/C18H36N2O2/c19-15-11-7-3-1-4-8-12-16-20-18(22)14-10-6-2-5-9-13-17-21/h17H,1-16,19H2,(H,20,22). The van der Waals surface area contributed by atoms with Crippen molar-refractivity contribution in [2.75, 3.05) is 13.1 Å². The molecule has 0 aliphatic heterocycles. The molecule has 1 amide bonds. The van der Waals surface area contributed by atoms with Gasteiger partial charge in [-0.3, -0.25) is 4.79 Å². The second-order valence-electron chi connectivity index (χ2n) is 6.09. The second-order valence-corrected chi connectivity index (χ2v) is 6.09. The Kier molecular flexibility index (Phi) is 17.4. The van der Waals surface area contributed by atoms with Gasteiger partial charge < -0.3 is 15.8 Å². The quantitative estimate of drug-likeness (QED) is 0.317. The third-order valence-corrected chi connectivity index (χ3v) is 3.93. The third-order valence-electron chi connectivity index (χ3n) is 3.93. The highest BCUT2D eigenvalue weighted by Crippen LogP contribution is 2.07. The van der Waals surface area contributed by atoms with Gasteiger partial charge in [0.15, 0.2) is 0 Å². The smallest absolute Gasteiger partial charge is 0.219 e. The zero-order chi connectivity index (χ0) is 16.3. The molecule has 0 aromatic rings. The van der Waals surface area contributed by atoms with E-state index in [2.05, 4.69) is 5.32 Å². The van der Waals surface area contributed by atoms with Crippen molar-refractivity contribution in [2.24, 2.45) is 5.73 Å². The first kappa shape index (κ1) is 21.1. The molecular weight excluding hydrogens is 276 g/mol. The number of carbonyl (C=O) groups excluding carboxylic acids is 2. The molecule has 4 heteroatoms. The summed E-state index contributed by atoms with van der Waals surface area (Å²) in [6, 6.07) is 0. The fourth-order valence-electron chi connectivity index (χ4n) is 2.51. The molecule has 4 nitrogen and oxygen atoms in total. The van der Waals surface area contributed by atoms with E-state index >= 15 is 0 Å². The van der Waals surface area contributed by atoms with Crippen LogP contribution in [0.15, 0.2) is 0 Å². The molecule has 22 heavy (non-hydrogen) atoms. The van der Waals surface area contributed by atoms with Gasteiger partial charge in [-0.2, -0.15) is 0 Å². The van der Waals surface area contributed by atoms with E-state index in [-0.39, 0.29) is 5.91 Å². The molecule has 0 saturated heterocycles. The Labute approximate surface area is 136 Å². The highest BCUT2D eigenvalue weighted by Gasteiger charge is 2.00. The van der Waals surface area contributed by atoms with Crippen molar-refractivity contribution in [3.63, 3.8) is 0 Å². The van der Waals surface area contributed by atoms with E-state index in [1.54, 1.807) is 0 Å². The average Bonchev–Trinajstić information content (AvgIpc) is 2.52. The number of nitrogens with two attached hydrogens (primary N) is 1. The lowest BCUT2D eigenvalue weighted by atomic mass is 10.1.